The number of carbonyl (C=O) groups excluding carboxylic acids is 11. The Morgan fingerprint density at radius 2 is 0.925 bits per heavy atom. The molecule has 2 aromatic rings. The van der Waals surface area contributed by atoms with Crippen molar-refractivity contribution in [3.8, 4) is 0 Å². The van der Waals surface area contributed by atoms with Gasteiger partial charge in [0.05, 0.1) is 84.2 Å². The topological polar surface area (TPSA) is 437 Å². The number of hydrogen-bond donors (Lipinski definition) is 8. The van der Waals surface area contributed by atoms with Gasteiger partial charge in [0, 0.05) is 83.4 Å². The molecule has 0 spiro atoms. The summed E-state index contributed by atoms with van der Waals surface area (Å²) in [6, 6.07) is 14.4. The summed E-state index contributed by atoms with van der Waals surface area (Å²) < 4.78 is 20.8. The third kappa shape index (κ3) is 31.3. The first-order valence-corrected chi connectivity index (χ1v) is 42.6. The normalized spacial score (nSPS) is 18.9. The smallest absolute Gasteiger partial charge is 0.318 e. The fourth-order valence-electron chi connectivity index (χ4n) is 16.7. The lowest BCUT2D eigenvalue weighted by Gasteiger charge is -2.45. The fourth-order valence-corrected chi connectivity index (χ4v) is 16.7. The molecule has 0 aliphatic carbocycles. The van der Waals surface area contributed by atoms with Crippen LogP contribution in [0.4, 0.5) is 11.4 Å². The maximum Gasteiger partial charge on any atom is 0.318 e. The summed E-state index contributed by atoms with van der Waals surface area (Å²) in [7, 11) is 7.66. The number of nitrogens with two attached hydrogens (primary N) is 1. The van der Waals surface area contributed by atoms with Gasteiger partial charge in [0.25, 0.3) is 5.91 Å². The van der Waals surface area contributed by atoms with Crippen molar-refractivity contribution < 1.29 is 112 Å². The number of ether oxygens (including phenoxy) is 4. The number of aliphatic hydroxyl groups excluding tert-OH is 2. The highest BCUT2D eigenvalue weighted by atomic mass is 16.6. The number of amides is 4. The molecule has 9 N–H and O–H groups in total. The Morgan fingerprint density at radius 3 is 1.31 bits per heavy atom. The molecule has 5 rings (SSSR count). The van der Waals surface area contributed by atoms with Crippen molar-refractivity contribution in [3.63, 3.8) is 0 Å². The van der Waals surface area contributed by atoms with Crippen LogP contribution in [0, 0.1) is 104 Å². The van der Waals surface area contributed by atoms with Gasteiger partial charge in [-0.25, -0.2) is 0 Å². The van der Waals surface area contributed by atoms with E-state index in [1.165, 1.54) is 40.5 Å². The number of nitrogens with zero attached hydrogens (tertiary/aromatic N) is 3. The number of benzene rings is 2. The third-order valence-electron chi connectivity index (χ3n) is 23.9. The second-order valence-electron chi connectivity index (χ2n) is 36.4. The fraction of sp³-hybridized carbons (Fsp3) is 0.714. The van der Waals surface area contributed by atoms with Crippen LogP contribution in [0.25, 0.3) is 0 Å². The Labute approximate surface area is 713 Å². The number of Topliss-reactive ketones (excluding diaryl/α,β-unsaturated/α-hetero) is 1. The molecule has 0 bridgehead atoms. The first-order chi connectivity index (χ1) is 55.7. The highest BCUT2D eigenvalue weighted by molar-refractivity contribution is 6.06. The number of hydrogen-bond acceptors (Lipinski definition) is 23. The van der Waals surface area contributed by atoms with Gasteiger partial charge in [0.15, 0.2) is 5.78 Å². The van der Waals surface area contributed by atoms with E-state index in [9.17, 15) is 72.9 Å². The van der Waals surface area contributed by atoms with Gasteiger partial charge in [-0.05, 0) is 153 Å². The Hall–Kier alpha value is -8.70. The molecule has 3 heterocycles. The average molecular weight is 1690 g/mol. The summed E-state index contributed by atoms with van der Waals surface area (Å²) in [5, 5.41) is 55.3. The van der Waals surface area contributed by atoms with Crippen molar-refractivity contribution in [1.29, 1.82) is 0 Å². The summed E-state index contributed by atoms with van der Waals surface area (Å²) in [5.74, 6) is -24.9. The number of imide groups is 1. The van der Waals surface area contributed by atoms with Crippen molar-refractivity contribution in [2.45, 2.75) is 235 Å². The van der Waals surface area contributed by atoms with Crippen molar-refractivity contribution in [3.05, 3.63) is 59.7 Å². The molecule has 29 heteroatoms. The number of nitrogens with one attached hydrogen (secondary N) is 2. The number of ketones is 1. The van der Waals surface area contributed by atoms with Gasteiger partial charge < -0.3 is 70.6 Å². The van der Waals surface area contributed by atoms with E-state index in [1.807, 2.05) is 96.9 Å². The summed E-state index contributed by atoms with van der Waals surface area (Å²) >= 11 is 0. The van der Waals surface area contributed by atoms with E-state index in [0.717, 1.165) is 29.2 Å². The number of carbonyl (C=O) groups is 14. The monoisotopic (exact) mass is 1690 g/mol. The van der Waals surface area contributed by atoms with Gasteiger partial charge >= 0.3 is 53.7 Å². The zero-order valence-electron chi connectivity index (χ0n) is 76.6. The molecule has 0 aromatic heterocycles. The molecule has 3 aliphatic heterocycles. The van der Waals surface area contributed by atoms with Crippen LogP contribution < -0.4 is 26.2 Å². The number of anilines is 2. The van der Waals surface area contributed by atoms with E-state index in [2.05, 4.69) is 22.3 Å². The van der Waals surface area contributed by atoms with Crippen molar-refractivity contribution in [2.24, 2.45) is 109 Å². The minimum Gasteiger partial charge on any atom is -0.481 e. The number of unbranched alkanes of at least 4 members (excludes halogenated alkanes) is 3. The Kier molecular flexibility index (Phi) is 45.6. The van der Waals surface area contributed by atoms with E-state index in [4.69, 9.17) is 30.2 Å². The lowest BCUT2D eigenvalue weighted by atomic mass is 9.57. The lowest BCUT2D eigenvalue weighted by Crippen LogP contribution is -2.51. The van der Waals surface area contributed by atoms with Gasteiger partial charge in [-0.15, -0.1) is 0 Å². The number of carboxylic acid groups (broad SMARTS) is 3. The Morgan fingerprint density at radius 1 is 0.500 bits per heavy atom. The molecular formula is C91H148N6O23. The van der Waals surface area contributed by atoms with Crippen molar-refractivity contribution in [1.82, 2.24) is 15.5 Å². The van der Waals surface area contributed by atoms with Gasteiger partial charge in [0.2, 0.25) is 17.7 Å². The molecule has 3 fully saturated rings. The second-order valence-corrected chi connectivity index (χ2v) is 36.4. The number of rotatable bonds is 44. The van der Waals surface area contributed by atoms with Crippen LogP contribution in [0.1, 0.15) is 256 Å². The standard InChI is InChI=1S/C63H98N4O17.C12H17NO2.C10H16O3.C4H11N.C2H6O/c1-18-22-28-64-49(69)44(40(52(72)73)33-63(14,15)47(56(79)82-21-4)42(54(76)77)34-60(8,9)43-36(5)55(78)84-58(43)81)61(10,11)32-39-45(51(71)67(50(39)70)30-23-19-2)62(12,13)35-41(53(74)75)46(59(6,7)20-3)57(80)83-31-29-65-48(68)37-24-26-38(27-25-37)66(16)17;1-13(2)11-7-5-10(6-8-11)12(15)4-3-9-14;1-5-10(3,4)7-6(2)8(11)13-9(7)12;1-2-3-4-5;1-2-3/h24-27,36,39-47H,18-23,28-35H2,1-17H3,(H,64,69)(H,65,68)(H,72,73)(H,74,75)(H,76,77);5-8,14H,3-4,9H2,1-2H3;6-7H,5H2,1-4H3;2-5H2,1H3;3H,2H2,1H3. The predicted molar refractivity (Wildman–Crippen MR) is 458 cm³/mol. The van der Waals surface area contributed by atoms with E-state index in [-0.39, 0.29) is 100 Å². The van der Waals surface area contributed by atoms with Gasteiger partial charge in [-0.3, -0.25) is 72.0 Å². The highest BCUT2D eigenvalue weighted by Crippen LogP contribution is 2.55. The van der Waals surface area contributed by atoms with E-state index in [1.54, 1.807) is 100 Å². The molecule has 120 heavy (non-hydrogen) atoms. The predicted octanol–water partition coefficient (Wildman–Crippen LogP) is 12.5. The number of likely N-dealkylation sites (tertiary alicyclic amines) is 1. The first-order valence-electron chi connectivity index (χ1n) is 42.6. The van der Waals surface area contributed by atoms with Crippen LogP contribution in [0.15, 0.2) is 48.5 Å². The maximum absolute atomic E-state index is 15.0. The van der Waals surface area contributed by atoms with E-state index >= 15 is 9.59 Å². The van der Waals surface area contributed by atoms with Crippen molar-refractivity contribution in [2.75, 3.05) is 90.6 Å². The van der Waals surface area contributed by atoms with Crippen LogP contribution >= 0.6 is 0 Å². The summed E-state index contributed by atoms with van der Waals surface area (Å²) in [6.45, 7) is 37.2. The van der Waals surface area contributed by atoms with Crippen LogP contribution in [0.5, 0.6) is 0 Å². The van der Waals surface area contributed by atoms with Crippen LogP contribution in [0.2, 0.25) is 0 Å². The molecule has 4 amide bonds. The number of esters is 6. The third-order valence-corrected chi connectivity index (χ3v) is 23.9. The number of cyclic esters (lactones) is 4. The molecule has 12 unspecified atom stereocenters. The molecule has 0 saturated carbocycles. The molecule has 3 aliphatic rings. The maximum atomic E-state index is 15.0. The zero-order valence-corrected chi connectivity index (χ0v) is 76.6. The zero-order chi connectivity index (χ0) is 92.5. The van der Waals surface area contributed by atoms with Crippen molar-refractivity contribution >= 4 is 94.5 Å². The van der Waals surface area contributed by atoms with E-state index in [0.29, 0.717) is 56.1 Å². The number of aliphatic carboxylic acids is 3. The Bertz CT molecular complexity index is 3690. The SMILES string of the molecule is CCC(C)(C)C1C(=O)OC(=O)C1C.CCCCN.CCCCNC(=O)C(C(CC(C)(C)C(C(=O)OCC)C(CC(C)(C)C1C(=O)OC(=O)C1C)C(=O)O)C(=O)O)C(C)(C)CC1C(=O)N(CCCC)C(=O)C1C(C)(C)CC(C(=O)O)C(C(=O)OCCNC(=O)c1ccc(N(C)C)cc1)C(C)(C)CC.CCO.CN(C)c1ccc(C(=O)CCCO)cc1. The molecule has 3 saturated heterocycles. The molecule has 680 valence electrons. The molecule has 0 radical (unpaired) electrons. The van der Waals surface area contributed by atoms with Gasteiger partial charge in [0.1, 0.15) is 6.61 Å². The molecular weight excluding hydrogens is 1550 g/mol. The quantitative estimate of drug-likeness (QED) is 0.00763. The van der Waals surface area contributed by atoms with Crippen LogP contribution in [-0.4, -0.2) is 194 Å². The molecule has 29 nitrogen and oxygen atoms in total. The Balaban J connectivity index is 0.00000162. The number of aliphatic hydroxyl groups is 2. The highest BCUT2D eigenvalue weighted by Gasteiger charge is 2.61. The van der Waals surface area contributed by atoms with Crippen LogP contribution in [-0.2, 0) is 76.5 Å². The summed E-state index contributed by atoms with van der Waals surface area (Å²) in [4.78, 5) is 192. The summed E-state index contributed by atoms with van der Waals surface area (Å²) in [6.07, 6.45) is 5.29. The first kappa shape index (κ1) is 109. The van der Waals surface area contributed by atoms with E-state index < -0.39 is 158 Å². The van der Waals surface area contributed by atoms with Crippen LogP contribution in [0.3, 0.4) is 0 Å². The average Bonchev–Trinajstić information content (AvgIpc) is 1.55. The minimum absolute atomic E-state index is 0.0244. The molecule has 12 atom stereocenters. The lowest BCUT2D eigenvalue weighted by molar-refractivity contribution is -0.168. The summed E-state index contributed by atoms with van der Waals surface area (Å²) in [5.41, 5.74) is 1.31. The van der Waals surface area contributed by atoms with Gasteiger partial charge in [-0.2, -0.15) is 0 Å². The molecule has 2 aromatic carbocycles. The number of carboxylic acids is 3. The minimum atomic E-state index is -1.68. The second kappa shape index (κ2) is 50.0. The van der Waals surface area contributed by atoms with Gasteiger partial charge in [-0.1, -0.05) is 164 Å². The largest absolute Gasteiger partial charge is 0.481 e.